The summed E-state index contributed by atoms with van der Waals surface area (Å²) in [5.41, 5.74) is 0. The van der Waals surface area contributed by atoms with E-state index in [0.717, 1.165) is 19.3 Å². The van der Waals surface area contributed by atoms with Crippen LogP contribution in [-0.2, 0) is 14.3 Å². The summed E-state index contributed by atoms with van der Waals surface area (Å²) in [6.07, 6.45) is 3.02. The molecule has 2 bridgehead atoms. The van der Waals surface area contributed by atoms with Crippen LogP contribution >= 0.6 is 31.9 Å². The van der Waals surface area contributed by atoms with Gasteiger partial charge in [-0.15, -0.1) is 0 Å². The lowest BCUT2D eigenvalue weighted by molar-refractivity contribution is -0.184. The number of rotatable bonds is 0. The average molecular weight is 366 g/mol. The Morgan fingerprint density at radius 1 is 1.24 bits per heavy atom. The van der Waals surface area contributed by atoms with Crippen molar-refractivity contribution in [1.29, 1.82) is 0 Å². The third-order valence-corrected chi connectivity index (χ3v) is 7.52. The summed E-state index contributed by atoms with van der Waals surface area (Å²) in [5, 5.41) is 0. The molecule has 1 heterocycles. The van der Waals surface area contributed by atoms with E-state index < -0.39 is 5.79 Å². The van der Waals surface area contributed by atoms with Gasteiger partial charge in [0, 0.05) is 11.8 Å². The lowest BCUT2D eigenvalue weighted by Crippen LogP contribution is -2.48. The zero-order valence-corrected chi connectivity index (χ0v) is 12.5. The van der Waals surface area contributed by atoms with Crippen molar-refractivity contribution >= 4 is 37.6 Å². The van der Waals surface area contributed by atoms with Crippen molar-refractivity contribution in [1.82, 2.24) is 0 Å². The molecule has 3 saturated carbocycles. The van der Waals surface area contributed by atoms with E-state index in [2.05, 4.69) is 31.9 Å². The Balaban J connectivity index is 1.83. The fourth-order valence-electron chi connectivity index (χ4n) is 4.62. The molecule has 94 valence electrons. The summed E-state index contributed by atoms with van der Waals surface area (Å²) < 4.78 is 11.8. The predicted molar refractivity (Wildman–Crippen MR) is 68.3 cm³/mol. The molecular formula is C12H14Br2O3. The van der Waals surface area contributed by atoms with Crippen molar-refractivity contribution in [3.05, 3.63) is 0 Å². The quantitative estimate of drug-likeness (QED) is 0.617. The molecule has 0 aromatic rings. The maximum absolute atomic E-state index is 12.3. The molecule has 5 atom stereocenters. The summed E-state index contributed by atoms with van der Waals surface area (Å²) in [6, 6.07) is 0. The highest BCUT2D eigenvalue weighted by molar-refractivity contribution is 9.10. The second-order valence-electron chi connectivity index (χ2n) is 5.61. The summed E-state index contributed by atoms with van der Waals surface area (Å²) in [6.45, 7) is 1.32. The topological polar surface area (TPSA) is 35.5 Å². The number of ether oxygens (including phenoxy) is 2. The Morgan fingerprint density at radius 2 is 1.94 bits per heavy atom. The fraction of sp³-hybridized carbons (Fsp3) is 0.917. The highest BCUT2D eigenvalue weighted by atomic mass is 79.9. The summed E-state index contributed by atoms with van der Waals surface area (Å²) in [4.78, 5) is 12.3. The number of alkyl halides is 2. The van der Waals surface area contributed by atoms with E-state index >= 15 is 0 Å². The lowest BCUT2D eigenvalue weighted by Gasteiger charge is -2.37. The number of Topliss-reactive ketones (excluding diaryl/α,β-unsaturated/α-hetero) is 1. The molecule has 4 fully saturated rings. The minimum atomic E-state index is -0.509. The zero-order valence-electron chi connectivity index (χ0n) is 9.33. The minimum Gasteiger partial charge on any atom is -0.346 e. The molecule has 3 nitrogen and oxygen atoms in total. The number of hydrogen-bond acceptors (Lipinski definition) is 3. The number of fused-ring (bicyclic) bond motifs is 3. The summed E-state index contributed by atoms with van der Waals surface area (Å²) in [7, 11) is 0. The minimum absolute atomic E-state index is 0.0359. The number of halogens is 2. The summed E-state index contributed by atoms with van der Waals surface area (Å²) >= 11 is 7.42. The van der Waals surface area contributed by atoms with Crippen LogP contribution in [0.5, 0.6) is 0 Å². The van der Waals surface area contributed by atoms with Gasteiger partial charge in [0.1, 0.15) is 5.78 Å². The SMILES string of the molecule is O=C1C(Br)CC2C1C1CCC2(Br)C12OCCO2. The number of carbonyl (C=O) groups excluding carboxylic acids is 1. The number of hydrogen-bond donors (Lipinski definition) is 0. The van der Waals surface area contributed by atoms with E-state index in [4.69, 9.17) is 9.47 Å². The van der Waals surface area contributed by atoms with Gasteiger partial charge in [-0.25, -0.2) is 0 Å². The van der Waals surface area contributed by atoms with Gasteiger partial charge >= 0.3 is 0 Å². The molecule has 1 aliphatic heterocycles. The van der Waals surface area contributed by atoms with Crippen LogP contribution in [0.2, 0.25) is 0 Å². The first-order valence-corrected chi connectivity index (χ1v) is 7.96. The molecule has 0 radical (unpaired) electrons. The molecule has 3 aliphatic carbocycles. The lowest BCUT2D eigenvalue weighted by atomic mass is 9.81. The van der Waals surface area contributed by atoms with Gasteiger partial charge in [0.25, 0.3) is 0 Å². The van der Waals surface area contributed by atoms with Crippen LogP contribution in [0.1, 0.15) is 19.3 Å². The van der Waals surface area contributed by atoms with E-state index in [0.29, 0.717) is 24.9 Å². The predicted octanol–water partition coefficient (Wildman–Crippen LogP) is 2.26. The Hall–Kier alpha value is 0.550. The molecule has 0 N–H and O–H groups in total. The Labute approximate surface area is 117 Å². The highest BCUT2D eigenvalue weighted by Crippen LogP contribution is 2.71. The molecule has 4 rings (SSSR count). The molecule has 5 heteroatoms. The van der Waals surface area contributed by atoms with Crippen LogP contribution in [-0.4, -0.2) is 33.9 Å². The van der Waals surface area contributed by atoms with Crippen molar-refractivity contribution in [2.45, 2.75) is 34.2 Å². The van der Waals surface area contributed by atoms with Crippen LogP contribution in [0, 0.1) is 17.8 Å². The van der Waals surface area contributed by atoms with E-state index in [9.17, 15) is 4.79 Å². The van der Waals surface area contributed by atoms with Crippen molar-refractivity contribution in [2.24, 2.45) is 17.8 Å². The Morgan fingerprint density at radius 3 is 2.59 bits per heavy atom. The van der Waals surface area contributed by atoms with E-state index in [1.54, 1.807) is 0 Å². The van der Waals surface area contributed by atoms with Gasteiger partial charge in [0.2, 0.25) is 0 Å². The van der Waals surface area contributed by atoms with Crippen molar-refractivity contribution < 1.29 is 14.3 Å². The van der Waals surface area contributed by atoms with Gasteiger partial charge < -0.3 is 9.47 Å². The molecule has 1 spiro atoms. The molecule has 17 heavy (non-hydrogen) atoms. The van der Waals surface area contributed by atoms with Gasteiger partial charge in [-0.1, -0.05) is 31.9 Å². The van der Waals surface area contributed by atoms with Crippen molar-refractivity contribution in [3.63, 3.8) is 0 Å². The van der Waals surface area contributed by atoms with Gasteiger partial charge in [-0.3, -0.25) is 4.79 Å². The van der Waals surface area contributed by atoms with Crippen LogP contribution in [0.4, 0.5) is 0 Å². The van der Waals surface area contributed by atoms with Crippen molar-refractivity contribution in [3.8, 4) is 0 Å². The van der Waals surface area contributed by atoms with Gasteiger partial charge in [0.05, 0.1) is 22.4 Å². The van der Waals surface area contributed by atoms with E-state index in [1.165, 1.54) is 0 Å². The normalized spacial score (nSPS) is 54.8. The third-order valence-electron chi connectivity index (χ3n) is 5.16. The summed E-state index contributed by atoms with van der Waals surface area (Å²) in [5.74, 6) is 0.608. The van der Waals surface area contributed by atoms with Crippen LogP contribution < -0.4 is 0 Å². The smallest absolute Gasteiger partial charge is 0.187 e. The number of ketones is 1. The maximum Gasteiger partial charge on any atom is 0.187 e. The molecule has 4 aliphatic rings. The van der Waals surface area contributed by atoms with Crippen LogP contribution in [0.15, 0.2) is 0 Å². The zero-order chi connectivity index (χ0) is 11.8. The first kappa shape index (κ1) is 11.4. The largest absolute Gasteiger partial charge is 0.346 e. The standard InChI is InChI=1S/C12H14Br2O3/c13-8-5-7-9(10(8)15)6-1-2-11(7,14)12(6)16-3-4-17-12/h6-9H,1-5H2. The molecule has 0 aromatic heterocycles. The third kappa shape index (κ3) is 1.10. The molecule has 0 amide bonds. The van der Waals surface area contributed by atoms with Crippen molar-refractivity contribution in [2.75, 3.05) is 13.2 Å². The fourth-order valence-corrected chi connectivity index (χ4v) is 6.55. The Bertz CT molecular complexity index is 393. The first-order chi connectivity index (χ1) is 8.10. The molecule has 1 saturated heterocycles. The Kier molecular flexibility index (Phi) is 2.24. The monoisotopic (exact) mass is 364 g/mol. The molecular weight excluding hydrogens is 352 g/mol. The van der Waals surface area contributed by atoms with Crippen LogP contribution in [0.3, 0.4) is 0 Å². The molecule has 5 unspecified atom stereocenters. The highest BCUT2D eigenvalue weighted by Gasteiger charge is 2.78. The number of carbonyl (C=O) groups is 1. The van der Waals surface area contributed by atoms with Gasteiger partial charge in [-0.05, 0) is 25.2 Å². The molecule has 0 aromatic carbocycles. The van der Waals surface area contributed by atoms with Crippen LogP contribution in [0.25, 0.3) is 0 Å². The van der Waals surface area contributed by atoms with E-state index in [1.807, 2.05) is 0 Å². The first-order valence-electron chi connectivity index (χ1n) is 6.25. The van der Waals surface area contributed by atoms with E-state index in [-0.39, 0.29) is 21.0 Å². The van der Waals surface area contributed by atoms with Gasteiger partial charge in [-0.2, -0.15) is 0 Å². The maximum atomic E-state index is 12.3. The second kappa shape index (κ2) is 3.35. The second-order valence-corrected chi connectivity index (χ2v) is 8.13. The van der Waals surface area contributed by atoms with Gasteiger partial charge in [0.15, 0.2) is 5.79 Å². The average Bonchev–Trinajstić information content (AvgIpc) is 2.99.